The highest BCUT2D eigenvalue weighted by molar-refractivity contribution is 7.89. The lowest BCUT2D eigenvalue weighted by Crippen LogP contribution is -2.38. The number of hydrogen-bond acceptors (Lipinski definition) is 3. The van der Waals surface area contributed by atoms with E-state index in [-0.39, 0.29) is 11.4 Å². The summed E-state index contributed by atoms with van der Waals surface area (Å²) in [6.07, 6.45) is -4.63. The number of sulfonamides is 1. The standard InChI is InChI=1S/C17H14F3NO2S2/c18-17(19,20)12-21(10-13-8-9-24-11-13)25(22,23)16-7-3-5-14-4-1-2-6-15(14)16/h1-9,11H,10,12H2. The zero-order chi connectivity index (χ0) is 18.1. The van der Waals surface area contributed by atoms with Gasteiger partial charge in [-0.1, -0.05) is 36.4 Å². The van der Waals surface area contributed by atoms with Crippen LogP contribution in [-0.4, -0.2) is 25.4 Å². The molecule has 2 aromatic carbocycles. The Morgan fingerprint density at radius 2 is 1.72 bits per heavy atom. The van der Waals surface area contributed by atoms with Gasteiger partial charge in [-0.05, 0) is 33.8 Å². The van der Waals surface area contributed by atoms with E-state index in [9.17, 15) is 21.6 Å². The van der Waals surface area contributed by atoms with Gasteiger partial charge < -0.3 is 0 Å². The van der Waals surface area contributed by atoms with E-state index in [1.54, 1.807) is 47.2 Å². The van der Waals surface area contributed by atoms with E-state index in [2.05, 4.69) is 0 Å². The van der Waals surface area contributed by atoms with Crippen LogP contribution in [0.5, 0.6) is 0 Å². The minimum absolute atomic E-state index is 0.120. The van der Waals surface area contributed by atoms with Gasteiger partial charge in [-0.25, -0.2) is 8.42 Å². The average Bonchev–Trinajstić information content (AvgIpc) is 3.05. The Hall–Kier alpha value is -1.90. The molecule has 1 heterocycles. The van der Waals surface area contributed by atoms with Crippen LogP contribution in [0.1, 0.15) is 5.56 Å². The first-order valence-corrected chi connectivity index (χ1v) is 9.71. The van der Waals surface area contributed by atoms with Crippen LogP contribution in [0.25, 0.3) is 10.8 Å². The molecular formula is C17H14F3NO2S2. The molecule has 0 atom stereocenters. The molecule has 25 heavy (non-hydrogen) atoms. The third kappa shape index (κ3) is 4.02. The Labute approximate surface area is 147 Å². The molecular weight excluding hydrogens is 371 g/mol. The lowest BCUT2D eigenvalue weighted by atomic mass is 10.1. The molecule has 0 aliphatic heterocycles. The molecule has 0 aliphatic rings. The molecule has 0 saturated heterocycles. The van der Waals surface area contributed by atoms with Crippen LogP contribution in [0.3, 0.4) is 0 Å². The summed E-state index contributed by atoms with van der Waals surface area (Å²) in [7, 11) is -4.32. The van der Waals surface area contributed by atoms with Gasteiger partial charge in [-0.3, -0.25) is 0 Å². The average molecular weight is 385 g/mol. The Morgan fingerprint density at radius 3 is 2.40 bits per heavy atom. The highest BCUT2D eigenvalue weighted by Crippen LogP contribution is 2.29. The number of rotatable bonds is 5. The van der Waals surface area contributed by atoms with Crippen LogP contribution >= 0.6 is 11.3 Å². The van der Waals surface area contributed by atoms with Crippen molar-refractivity contribution in [3.05, 3.63) is 64.9 Å². The van der Waals surface area contributed by atoms with Gasteiger partial charge in [0.2, 0.25) is 10.0 Å². The molecule has 0 unspecified atom stereocenters. The van der Waals surface area contributed by atoms with Crippen molar-refractivity contribution in [3.63, 3.8) is 0 Å². The number of thiophene rings is 1. The monoisotopic (exact) mass is 385 g/mol. The van der Waals surface area contributed by atoms with E-state index < -0.39 is 22.7 Å². The first kappa shape index (κ1) is 17.9. The van der Waals surface area contributed by atoms with Crippen molar-refractivity contribution < 1.29 is 21.6 Å². The van der Waals surface area contributed by atoms with Gasteiger partial charge in [0.15, 0.2) is 0 Å². The molecule has 132 valence electrons. The lowest BCUT2D eigenvalue weighted by molar-refractivity contribution is -0.136. The van der Waals surface area contributed by atoms with Crippen LogP contribution in [-0.2, 0) is 16.6 Å². The van der Waals surface area contributed by atoms with E-state index in [1.165, 1.54) is 23.5 Å². The third-order valence-electron chi connectivity index (χ3n) is 3.66. The molecule has 0 fully saturated rings. The summed E-state index contributed by atoms with van der Waals surface area (Å²) >= 11 is 1.31. The molecule has 0 amide bonds. The van der Waals surface area contributed by atoms with Crippen LogP contribution in [0.2, 0.25) is 0 Å². The second kappa shape index (κ2) is 6.78. The van der Waals surface area contributed by atoms with Crippen LogP contribution in [0.4, 0.5) is 13.2 Å². The van der Waals surface area contributed by atoms with Gasteiger partial charge >= 0.3 is 6.18 Å². The van der Waals surface area contributed by atoms with Gasteiger partial charge in [0, 0.05) is 11.9 Å². The molecule has 0 bridgehead atoms. The fourth-order valence-electron chi connectivity index (χ4n) is 2.57. The van der Waals surface area contributed by atoms with Crippen molar-refractivity contribution in [1.82, 2.24) is 4.31 Å². The van der Waals surface area contributed by atoms with E-state index in [0.717, 1.165) is 0 Å². The Morgan fingerprint density at radius 1 is 1.00 bits per heavy atom. The molecule has 0 aliphatic carbocycles. The number of alkyl halides is 3. The van der Waals surface area contributed by atoms with Crippen molar-refractivity contribution in [3.8, 4) is 0 Å². The van der Waals surface area contributed by atoms with Crippen molar-refractivity contribution in [2.24, 2.45) is 0 Å². The molecule has 0 saturated carbocycles. The summed E-state index contributed by atoms with van der Waals surface area (Å²) in [6.45, 7) is -1.86. The first-order chi connectivity index (χ1) is 11.8. The fourth-order valence-corrected chi connectivity index (χ4v) is 4.86. The van der Waals surface area contributed by atoms with Crippen LogP contribution in [0.15, 0.2) is 64.2 Å². The molecule has 1 aromatic heterocycles. The molecule has 3 rings (SSSR count). The second-order valence-electron chi connectivity index (χ2n) is 5.50. The number of benzene rings is 2. The lowest BCUT2D eigenvalue weighted by Gasteiger charge is -2.23. The van der Waals surface area contributed by atoms with E-state index >= 15 is 0 Å². The van der Waals surface area contributed by atoms with Gasteiger partial charge in [0.25, 0.3) is 0 Å². The maximum absolute atomic E-state index is 13.0. The van der Waals surface area contributed by atoms with Crippen molar-refractivity contribution in [2.75, 3.05) is 6.54 Å². The van der Waals surface area contributed by atoms with Gasteiger partial charge in [-0.2, -0.15) is 28.8 Å². The number of nitrogens with zero attached hydrogens (tertiary/aromatic N) is 1. The van der Waals surface area contributed by atoms with Crippen LogP contribution < -0.4 is 0 Å². The highest BCUT2D eigenvalue weighted by Gasteiger charge is 2.37. The summed E-state index contributed by atoms with van der Waals surface area (Å²) in [5, 5.41) is 4.40. The van der Waals surface area contributed by atoms with Gasteiger partial charge in [0.05, 0.1) is 4.90 Å². The zero-order valence-corrected chi connectivity index (χ0v) is 14.5. The quantitative estimate of drug-likeness (QED) is 0.641. The minimum atomic E-state index is -4.63. The molecule has 0 N–H and O–H groups in total. The molecule has 3 aromatic rings. The molecule has 0 radical (unpaired) electrons. The number of fused-ring (bicyclic) bond motifs is 1. The predicted molar refractivity (Wildman–Crippen MR) is 91.9 cm³/mol. The Kier molecular flexibility index (Phi) is 4.86. The largest absolute Gasteiger partial charge is 0.402 e. The van der Waals surface area contributed by atoms with E-state index in [0.29, 0.717) is 20.6 Å². The van der Waals surface area contributed by atoms with E-state index in [4.69, 9.17) is 0 Å². The summed E-state index contributed by atoms with van der Waals surface area (Å²) in [5.74, 6) is 0. The molecule has 3 nitrogen and oxygen atoms in total. The number of halogens is 3. The highest BCUT2D eigenvalue weighted by atomic mass is 32.2. The van der Waals surface area contributed by atoms with Gasteiger partial charge in [0.1, 0.15) is 6.54 Å². The maximum Gasteiger partial charge on any atom is 0.402 e. The zero-order valence-electron chi connectivity index (χ0n) is 12.9. The predicted octanol–water partition coefficient (Wildman–Crippen LogP) is 4.65. The minimum Gasteiger partial charge on any atom is -0.207 e. The number of hydrogen-bond donors (Lipinski definition) is 0. The second-order valence-corrected chi connectivity index (χ2v) is 8.18. The smallest absolute Gasteiger partial charge is 0.207 e. The maximum atomic E-state index is 13.0. The van der Waals surface area contributed by atoms with Crippen molar-refractivity contribution in [2.45, 2.75) is 17.6 Å². The summed E-state index contributed by atoms with van der Waals surface area (Å²) < 4.78 is 65.4. The van der Waals surface area contributed by atoms with E-state index in [1.807, 2.05) is 0 Å². The topological polar surface area (TPSA) is 37.4 Å². The normalized spacial score (nSPS) is 12.8. The SMILES string of the molecule is O=S(=O)(c1cccc2ccccc12)N(Cc1ccsc1)CC(F)(F)F. The summed E-state index contributed by atoms with van der Waals surface area (Å²) in [6, 6.07) is 12.9. The summed E-state index contributed by atoms with van der Waals surface area (Å²) in [5.41, 5.74) is 0.526. The molecule has 8 heteroatoms. The third-order valence-corrected chi connectivity index (χ3v) is 6.24. The van der Waals surface area contributed by atoms with Gasteiger partial charge in [-0.15, -0.1) is 0 Å². The van der Waals surface area contributed by atoms with Crippen LogP contribution in [0, 0.1) is 0 Å². The fraction of sp³-hybridized carbons (Fsp3) is 0.176. The molecule has 0 spiro atoms. The Balaban J connectivity index is 2.09. The Bertz CT molecular complexity index is 962. The van der Waals surface area contributed by atoms with Crippen molar-refractivity contribution in [1.29, 1.82) is 0 Å². The van der Waals surface area contributed by atoms with Crippen molar-refractivity contribution >= 4 is 32.1 Å². The summed E-state index contributed by atoms with van der Waals surface area (Å²) in [4.78, 5) is -0.120. The first-order valence-electron chi connectivity index (χ1n) is 7.33.